The van der Waals surface area contributed by atoms with Crippen LogP contribution in [-0.4, -0.2) is 135 Å². The highest BCUT2D eigenvalue weighted by molar-refractivity contribution is 6.24. The van der Waals surface area contributed by atoms with Gasteiger partial charge < -0.3 is 59.4 Å². The van der Waals surface area contributed by atoms with Gasteiger partial charge in [-0.3, -0.25) is 4.79 Å². The number of rotatable bonds is 11. The molecule has 0 bridgehead atoms. The van der Waals surface area contributed by atoms with Crippen molar-refractivity contribution in [2.24, 2.45) is 0 Å². The Hall–Kier alpha value is -2.86. The normalized spacial score (nSPS) is 33.1. The van der Waals surface area contributed by atoms with Crippen molar-refractivity contribution < 1.29 is 69.0 Å². The van der Waals surface area contributed by atoms with E-state index in [2.05, 4.69) is 0 Å². The quantitative estimate of drug-likeness (QED) is 0.0956. The third-order valence-corrected chi connectivity index (χ3v) is 7.98. The van der Waals surface area contributed by atoms with E-state index in [0.717, 1.165) is 0 Å². The first-order valence-electron chi connectivity index (χ1n) is 14.3. The van der Waals surface area contributed by atoms with Gasteiger partial charge in [0.25, 0.3) is 0 Å². The molecule has 0 aromatic heterocycles. The van der Waals surface area contributed by atoms with Crippen molar-refractivity contribution in [3.63, 3.8) is 0 Å². The number of carbonyl (C=O) groups excluding carboxylic acids is 2. The number of ether oxygens (including phenoxy) is 5. The SMILES string of the molecule is O=C(OCCCCO[C@H]1O[C@H](CO)[C@@H](O[C@H]2O[C@H](CO)[C@@H](O)[C@H](O)[C@H]2O)[C@H](O)[C@H]1O)c1cccc2c1-c1ccccc1C2=O. The molecule has 0 radical (unpaired) electrons. The van der Waals surface area contributed by atoms with Crippen LogP contribution in [0.5, 0.6) is 0 Å². The largest absolute Gasteiger partial charge is 0.462 e. The van der Waals surface area contributed by atoms with Crippen LogP contribution in [0.25, 0.3) is 11.1 Å². The Kier molecular flexibility index (Phi) is 10.4. The number of carbonyl (C=O) groups is 2. The first-order valence-corrected chi connectivity index (χ1v) is 14.3. The van der Waals surface area contributed by atoms with E-state index in [1.165, 1.54) is 0 Å². The molecule has 0 unspecified atom stereocenters. The lowest BCUT2D eigenvalue weighted by Gasteiger charge is -2.45. The number of esters is 1. The van der Waals surface area contributed by atoms with Gasteiger partial charge in [0.15, 0.2) is 18.4 Å². The third-order valence-electron chi connectivity index (χ3n) is 7.98. The lowest BCUT2D eigenvalue weighted by atomic mass is 9.97. The zero-order valence-corrected chi connectivity index (χ0v) is 23.5. The van der Waals surface area contributed by atoms with Gasteiger partial charge in [-0.05, 0) is 24.5 Å². The molecule has 2 aliphatic heterocycles. The van der Waals surface area contributed by atoms with Crippen LogP contribution in [0, 0.1) is 0 Å². The second-order valence-corrected chi connectivity index (χ2v) is 10.8. The molecule has 7 N–H and O–H groups in total. The van der Waals surface area contributed by atoms with Gasteiger partial charge in [-0.2, -0.15) is 0 Å². The summed E-state index contributed by atoms with van der Waals surface area (Å²) in [5.41, 5.74) is 2.51. The van der Waals surface area contributed by atoms with Crippen molar-refractivity contribution in [2.75, 3.05) is 26.4 Å². The summed E-state index contributed by atoms with van der Waals surface area (Å²) in [6.45, 7) is -1.29. The Morgan fingerprint density at radius 2 is 1.34 bits per heavy atom. The van der Waals surface area contributed by atoms with Gasteiger partial charge in [-0.25, -0.2) is 4.79 Å². The summed E-state index contributed by atoms with van der Waals surface area (Å²) in [7, 11) is 0. The van der Waals surface area contributed by atoms with Crippen molar-refractivity contribution in [3.05, 3.63) is 59.2 Å². The smallest absolute Gasteiger partial charge is 0.338 e. The van der Waals surface area contributed by atoms with E-state index in [9.17, 15) is 45.3 Å². The number of aliphatic hydroxyl groups excluding tert-OH is 7. The lowest BCUT2D eigenvalue weighted by molar-refractivity contribution is -0.359. The predicted molar refractivity (Wildman–Crippen MR) is 147 cm³/mol. The minimum Gasteiger partial charge on any atom is -0.462 e. The zero-order valence-electron chi connectivity index (χ0n) is 23.5. The highest BCUT2D eigenvalue weighted by atomic mass is 16.7. The Balaban J connectivity index is 1.09. The first kappa shape index (κ1) is 32.5. The van der Waals surface area contributed by atoms with Crippen molar-refractivity contribution in [1.29, 1.82) is 0 Å². The Labute approximate surface area is 251 Å². The maximum atomic E-state index is 12.9. The second-order valence-electron chi connectivity index (χ2n) is 10.8. The van der Waals surface area contributed by atoms with Crippen LogP contribution in [0.3, 0.4) is 0 Å². The molecule has 5 rings (SSSR count). The van der Waals surface area contributed by atoms with Crippen molar-refractivity contribution in [1.82, 2.24) is 0 Å². The van der Waals surface area contributed by atoms with Gasteiger partial charge in [0.05, 0.1) is 25.4 Å². The highest BCUT2D eigenvalue weighted by Gasteiger charge is 2.50. The monoisotopic (exact) mass is 620 g/mol. The molecular formula is C30H36O14. The van der Waals surface area contributed by atoms with E-state index in [1.807, 2.05) is 0 Å². The molecular weight excluding hydrogens is 584 g/mol. The molecule has 0 saturated carbocycles. The summed E-state index contributed by atoms with van der Waals surface area (Å²) < 4.78 is 27.4. The van der Waals surface area contributed by atoms with Gasteiger partial charge in [0.1, 0.15) is 48.8 Å². The van der Waals surface area contributed by atoms with Gasteiger partial charge in [-0.15, -0.1) is 0 Å². The molecule has 2 aromatic carbocycles. The van der Waals surface area contributed by atoms with Crippen LogP contribution in [0.15, 0.2) is 42.5 Å². The minimum atomic E-state index is -1.76. The van der Waals surface area contributed by atoms with Crippen LogP contribution in [0.2, 0.25) is 0 Å². The molecule has 2 saturated heterocycles. The Bertz CT molecular complexity index is 1310. The van der Waals surface area contributed by atoms with Gasteiger partial charge >= 0.3 is 5.97 Å². The molecule has 3 aliphatic rings. The van der Waals surface area contributed by atoms with Crippen LogP contribution >= 0.6 is 0 Å². The molecule has 14 heteroatoms. The molecule has 1 aliphatic carbocycles. The van der Waals surface area contributed by atoms with E-state index < -0.39 is 80.6 Å². The van der Waals surface area contributed by atoms with Gasteiger partial charge in [0.2, 0.25) is 0 Å². The number of benzene rings is 2. The average Bonchev–Trinajstić information content (AvgIpc) is 3.33. The minimum absolute atomic E-state index is 0.0327. The third kappa shape index (κ3) is 6.29. The molecule has 0 amide bonds. The Morgan fingerprint density at radius 1 is 0.705 bits per heavy atom. The fourth-order valence-electron chi connectivity index (χ4n) is 5.59. The Morgan fingerprint density at radius 3 is 2.07 bits per heavy atom. The standard InChI is InChI=1S/C30H36O14/c31-12-18-22(34)23(35)25(37)30(42-18)44-27-19(13-32)43-29(26(38)24(27)36)41-11-4-3-10-40-28(39)17-9-5-8-16-20(17)14-6-1-2-7-15(14)21(16)33/h1-2,5-9,18-19,22-27,29-32,34-38H,3-4,10-13H2/t18-,19-,22-,23+,24-,25-,26-,27-,29+,30-/m1/s1. The summed E-state index contributed by atoms with van der Waals surface area (Å²) in [6.07, 6.45) is -14.6. The maximum Gasteiger partial charge on any atom is 0.338 e. The molecule has 2 fully saturated rings. The molecule has 2 aromatic rings. The number of unbranched alkanes of at least 4 members (excludes halogenated alkanes) is 1. The van der Waals surface area contributed by atoms with E-state index >= 15 is 0 Å². The topological polar surface area (TPSA) is 222 Å². The number of ketones is 1. The van der Waals surface area contributed by atoms with Crippen LogP contribution in [-0.2, 0) is 23.7 Å². The van der Waals surface area contributed by atoms with Gasteiger partial charge in [0, 0.05) is 23.3 Å². The molecule has 10 atom stereocenters. The van der Waals surface area contributed by atoms with Crippen LogP contribution in [0.1, 0.15) is 39.1 Å². The average molecular weight is 621 g/mol. The second kappa shape index (κ2) is 14.1. The van der Waals surface area contributed by atoms with Crippen LogP contribution < -0.4 is 0 Å². The highest BCUT2D eigenvalue weighted by Crippen LogP contribution is 2.39. The van der Waals surface area contributed by atoms with Crippen molar-refractivity contribution in [2.45, 2.75) is 74.3 Å². The fraction of sp³-hybridized carbons (Fsp3) is 0.533. The summed E-state index contributed by atoms with van der Waals surface area (Å²) in [5, 5.41) is 70.6. The first-order chi connectivity index (χ1) is 21.2. The summed E-state index contributed by atoms with van der Waals surface area (Å²) in [5.74, 6) is -0.715. The van der Waals surface area contributed by atoms with Gasteiger partial charge in [-0.1, -0.05) is 36.4 Å². The van der Waals surface area contributed by atoms with Crippen LogP contribution in [0.4, 0.5) is 0 Å². The molecule has 240 valence electrons. The van der Waals surface area contributed by atoms with E-state index in [-0.39, 0.29) is 19.0 Å². The molecule has 44 heavy (non-hydrogen) atoms. The van der Waals surface area contributed by atoms with E-state index in [0.29, 0.717) is 40.7 Å². The lowest BCUT2D eigenvalue weighted by Crippen LogP contribution is -2.64. The maximum absolute atomic E-state index is 12.9. The summed E-state index contributed by atoms with van der Waals surface area (Å²) in [4.78, 5) is 25.6. The van der Waals surface area contributed by atoms with Crippen molar-refractivity contribution >= 4 is 11.8 Å². The number of aliphatic hydroxyl groups is 7. The number of fused-ring (bicyclic) bond motifs is 3. The fourth-order valence-corrected chi connectivity index (χ4v) is 5.59. The number of hydrogen-bond acceptors (Lipinski definition) is 14. The van der Waals surface area contributed by atoms with E-state index in [1.54, 1.807) is 42.5 Å². The predicted octanol–water partition coefficient (Wildman–Crippen LogP) is -1.52. The van der Waals surface area contributed by atoms with Crippen molar-refractivity contribution in [3.8, 4) is 11.1 Å². The molecule has 2 heterocycles. The summed E-state index contributed by atoms with van der Waals surface area (Å²) in [6, 6.07) is 12.0. The number of hydrogen-bond donors (Lipinski definition) is 7. The molecule has 14 nitrogen and oxygen atoms in total. The molecule has 0 spiro atoms. The van der Waals surface area contributed by atoms with E-state index in [4.69, 9.17) is 23.7 Å². The summed E-state index contributed by atoms with van der Waals surface area (Å²) >= 11 is 0. The zero-order chi connectivity index (χ0) is 31.5.